The van der Waals surface area contributed by atoms with Gasteiger partial charge in [0.15, 0.2) is 0 Å². The Morgan fingerprint density at radius 2 is 0.542 bits per heavy atom. The smallest absolute Gasteiger partial charge is 0.0722 e. The first-order valence-electron chi connectivity index (χ1n) is 47.6. The van der Waals surface area contributed by atoms with E-state index in [9.17, 15) is 0 Å². The first kappa shape index (κ1) is 88.9. The molecule has 0 saturated heterocycles. The number of benzene rings is 10. The average Bonchev–Trinajstić information content (AvgIpc) is 1.51. The standard InChI is InChI=1S/C116H148N2S2/c1-21-25-29-33-37-41-45-87-88(46-42-38-34-30-26-22-2)94-70-86(113(17,18)117)66-68-92(94)91-67-49-77(69-93(87)91)105-75-103-107(119-105)99-71-95-89(47-43-39-35-31-27-23-3)90(48-44-40-36-32-28-24-4)96-72-100-102(74-98(96)97(95)73-101(99)115(103,82-58-50-78(51-59-82)109(5,6)7)83-60-52-79(53-61-83)110(8,9)10)116(84-62-54-80(55-63-84)111(11,12)13,85-64-56-81(57-65-85)112(14,15)16)104-76-106(114(19,20)118)120-108(100)104/h49-76H,21-48,117-118H2,1-20H3. The van der Waals surface area contributed by atoms with Gasteiger partial charge in [-0.3, -0.25) is 0 Å². The fraction of sp³-hybridized carbons (Fsp3) is 0.483. The number of unbranched alkanes of at least 4 members (excludes halogenated alkanes) is 20. The lowest BCUT2D eigenvalue weighted by molar-refractivity contribution is 0.555. The van der Waals surface area contributed by atoms with E-state index < -0.39 is 21.9 Å². The third-order valence-corrected chi connectivity index (χ3v) is 30.8. The average molecular weight is 1630 g/mol. The third-order valence-electron chi connectivity index (χ3n) is 28.1. The maximum absolute atomic E-state index is 7.41. The van der Waals surface area contributed by atoms with Crippen LogP contribution in [0.25, 0.3) is 74.4 Å². The molecule has 2 nitrogen and oxygen atoms in total. The second kappa shape index (κ2) is 36.0. The van der Waals surface area contributed by atoms with Crippen molar-refractivity contribution in [2.24, 2.45) is 11.5 Å². The molecular formula is C116H148N2S2. The zero-order valence-electron chi connectivity index (χ0n) is 77.9. The molecule has 120 heavy (non-hydrogen) atoms. The molecule has 10 aromatic carbocycles. The van der Waals surface area contributed by atoms with Gasteiger partial charge in [0, 0.05) is 30.6 Å². The zero-order valence-corrected chi connectivity index (χ0v) is 79.6. The Hall–Kier alpha value is -7.44. The van der Waals surface area contributed by atoms with Crippen molar-refractivity contribution in [2.75, 3.05) is 0 Å². The van der Waals surface area contributed by atoms with Crippen molar-refractivity contribution in [2.45, 2.75) is 362 Å². The molecule has 14 rings (SSSR count). The summed E-state index contributed by atoms with van der Waals surface area (Å²) in [6, 6.07) is 71.4. The lowest BCUT2D eigenvalue weighted by Crippen LogP contribution is -2.30. The Kier molecular flexibility index (Phi) is 26.7. The molecule has 0 spiro atoms. The topological polar surface area (TPSA) is 52.0 Å². The van der Waals surface area contributed by atoms with E-state index in [0.717, 1.165) is 25.7 Å². The number of hydrogen-bond acceptors (Lipinski definition) is 4. The summed E-state index contributed by atoms with van der Waals surface area (Å²) >= 11 is 4.02. The van der Waals surface area contributed by atoms with Crippen LogP contribution >= 0.6 is 22.7 Å². The van der Waals surface area contributed by atoms with Crippen LogP contribution in [-0.4, -0.2) is 0 Å². The molecule has 0 saturated carbocycles. The van der Waals surface area contributed by atoms with Crippen molar-refractivity contribution in [1.82, 2.24) is 0 Å². The molecule has 12 aromatic rings. The van der Waals surface area contributed by atoms with Crippen LogP contribution in [0.5, 0.6) is 0 Å². The number of rotatable bonds is 35. The number of fused-ring (bicyclic) bond motifs is 12. The van der Waals surface area contributed by atoms with Crippen molar-refractivity contribution < 1.29 is 0 Å². The van der Waals surface area contributed by atoms with Gasteiger partial charge >= 0.3 is 0 Å². The van der Waals surface area contributed by atoms with E-state index in [2.05, 4.69) is 320 Å². The summed E-state index contributed by atoms with van der Waals surface area (Å²) in [7, 11) is 0. The second-order valence-electron chi connectivity index (χ2n) is 42.4. The first-order valence-corrected chi connectivity index (χ1v) is 49.2. The van der Waals surface area contributed by atoms with Crippen LogP contribution in [0, 0.1) is 0 Å². The normalized spacial score (nSPS) is 14.2. The molecule has 0 fully saturated rings. The van der Waals surface area contributed by atoms with E-state index in [1.165, 1.54) is 306 Å². The molecule has 0 radical (unpaired) electrons. The minimum absolute atomic E-state index is 0.0234. The molecular weight excluding hydrogens is 1490 g/mol. The predicted octanol–water partition coefficient (Wildman–Crippen LogP) is 34.0. The maximum Gasteiger partial charge on any atom is 0.0722 e. The first-order chi connectivity index (χ1) is 57.2. The monoisotopic (exact) mass is 1630 g/mol. The van der Waals surface area contributed by atoms with Crippen molar-refractivity contribution in [3.05, 3.63) is 269 Å². The van der Waals surface area contributed by atoms with Crippen LogP contribution < -0.4 is 11.5 Å². The number of nitrogens with two attached hydrogens (primary N) is 2. The summed E-state index contributed by atoms with van der Waals surface area (Å²) in [5, 5.41) is 11.2. The van der Waals surface area contributed by atoms with Gasteiger partial charge < -0.3 is 11.5 Å². The minimum atomic E-state index is -0.697. The molecule has 0 unspecified atom stereocenters. The highest BCUT2D eigenvalue weighted by atomic mass is 32.1. The Bertz CT molecular complexity index is 5450. The lowest BCUT2D eigenvalue weighted by atomic mass is 9.66. The van der Waals surface area contributed by atoms with Gasteiger partial charge in [-0.05, 0) is 304 Å². The Morgan fingerprint density at radius 3 is 0.867 bits per heavy atom. The van der Waals surface area contributed by atoms with Crippen LogP contribution in [0.3, 0.4) is 0 Å². The fourth-order valence-electron chi connectivity index (χ4n) is 20.8. The summed E-state index contributed by atoms with van der Waals surface area (Å²) in [5.74, 6) is 0. The molecule has 2 aromatic heterocycles. The number of hydrogen-bond donors (Lipinski definition) is 2. The molecule has 0 amide bonds. The molecule has 4 heteroatoms. The highest BCUT2D eigenvalue weighted by molar-refractivity contribution is 7.19. The number of thiophene rings is 2. The van der Waals surface area contributed by atoms with Crippen molar-refractivity contribution >= 4 is 65.8 Å². The molecule has 2 heterocycles. The van der Waals surface area contributed by atoms with E-state index in [0.29, 0.717) is 0 Å². The summed E-state index contributed by atoms with van der Waals surface area (Å²) in [6.45, 7) is 46.6. The maximum atomic E-state index is 7.41. The molecule has 634 valence electrons. The predicted molar refractivity (Wildman–Crippen MR) is 530 cm³/mol. The van der Waals surface area contributed by atoms with Gasteiger partial charge in [0.05, 0.1) is 10.8 Å². The van der Waals surface area contributed by atoms with E-state index >= 15 is 0 Å². The van der Waals surface area contributed by atoms with E-state index in [-0.39, 0.29) is 21.7 Å². The SMILES string of the molecule is CCCCCCCCc1c(CCCCCCCC)c2cc(C(C)(C)N)ccc2c2ccc(-c3cc4c(s3)-c3cc5c(CCCCCCCC)c(CCCCCCCC)c6cc7c(cc6c5cc3C4(c3ccc(C(C)(C)C)cc3)c3ccc(C(C)(C)C)cc3)C(c3ccc(C(C)(C)C)cc3)(c3ccc(C(C)(C)C)cc3)c3cc(C(C)(C)N)sc3-7)cc12. The van der Waals surface area contributed by atoms with E-state index in [4.69, 9.17) is 11.5 Å². The minimum Gasteiger partial charge on any atom is -0.322 e. The molecule has 2 aliphatic rings. The number of aryl methyl sites for hydroxylation is 4. The van der Waals surface area contributed by atoms with Crippen LogP contribution in [-0.2, 0) is 69.3 Å². The van der Waals surface area contributed by atoms with Crippen molar-refractivity contribution in [3.63, 3.8) is 0 Å². The second-order valence-corrected chi connectivity index (χ2v) is 44.5. The highest BCUT2D eigenvalue weighted by Gasteiger charge is 2.51. The van der Waals surface area contributed by atoms with Crippen LogP contribution in [0.15, 0.2) is 170 Å². The fourth-order valence-corrected chi connectivity index (χ4v) is 23.3. The third kappa shape index (κ3) is 17.6. The molecule has 0 bridgehead atoms. The van der Waals surface area contributed by atoms with Gasteiger partial charge in [0.25, 0.3) is 0 Å². The van der Waals surface area contributed by atoms with Crippen molar-refractivity contribution in [3.8, 4) is 31.3 Å². The van der Waals surface area contributed by atoms with Crippen LogP contribution in [0.4, 0.5) is 0 Å². The van der Waals surface area contributed by atoms with Crippen molar-refractivity contribution in [1.29, 1.82) is 0 Å². The Morgan fingerprint density at radius 1 is 0.250 bits per heavy atom. The van der Waals surface area contributed by atoms with Gasteiger partial charge in [-0.25, -0.2) is 0 Å². The van der Waals surface area contributed by atoms with E-state index in [1.54, 1.807) is 22.3 Å². The molecule has 0 aliphatic heterocycles. The highest BCUT2D eigenvalue weighted by Crippen LogP contribution is 2.64. The zero-order chi connectivity index (χ0) is 85.5. The molecule has 0 atom stereocenters. The van der Waals surface area contributed by atoms with Gasteiger partial charge in [-0.2, -0.15) is 0 Å². The van der Waals surface area contributed by atoms with Gasteiger partial charge in [0.1, 0.15) is 0 Å². The summed E-state index contributed by atoms with van der Waals surface area (Å²) in [5.41, 5.74) is 39.8. The molecule has 4 N–H and O–H groups in total. The van der Waals surface area contributed by atoms with Gasteiger partial charge in [-0.15, -0.1) is 22.7 Å². The van der Waals surface area contributed by atoms with Crippen LogP contribution in [0.2, 0.25) is 0 Å². The largest absolute Gasteiger partial charge is 0.322 e. The summed E-state index contributed by atoms with van der Waals surface area (Å²) in [4.78, 5) is 5.34. The summed E-state index contributed by atoms with van der Waals surface area (Å²) in [6.07, 6.45) is 34.6. The van der Waals surface area contributed by atoms with Gasteiger partial charge in [0.2, 0.25) is 0 Å². The van der Waals surface area contributed by atoms with Crippen LogP contribution in [0.1, 0.15) is 392 Å². The van der Waals surface area contributed by atoms with Gasteiger partial charge in [-0.1, -0.05) is 361 Å². The lowest BCUT2D eigenvalue weighted by Gasteiger charge is -2.35. The summed E-state index contributed by atoms with van der Waals surface area (Å²) < 4.78 is 0. The Balaban J connectivity index is 1.11. The Labute approximate surface area is 734 Å². The van der Waals surface area contributed by atoms with E-state index in [1.807, 2.05) is 11.3 Å². The quantitative estimate of drug-likeness (QED) is 0.0307. The molecule has 2 aliphatic carbocycles.